The van der Waals surface area contributed by atoms with E-state index in [0.29, 0.717) is 10.7 Å². The molecule has 1 fully saturated rings. The van der Waals surface area contributed by atoms with Crippen LogP contribution in [0.5, 0.6) is 0 Å². The van der Waals surface area contributed by atoms with E-state index in [2.05, 4.69) is 5.32 Å². The van der Waals surface area contributed by atoms with Crippen LogP contribution in [0.4, 0.5) is 5.69 Å². The van der Waals surface area contributed by atoms with Gasteiger partial charge in [0.2, 0.25) is 5.91 Å². The van der Waals surface area contributed by atoms with Crippen LogP contribution in [0.3, 0.4) is 0 Å². The molecule has 0 radical (unpaired) electrons. The van der Waals surface area contributed by atoms with Gasteiger partial charge in [-0.1, -0.05) is 11.6 Å². The predicted molar refractivity (Wildman–Crippen MR) is 74.3 cm³/mol. The van der Waals surface area contributed by atoms with Crippen molar-refractivity contribution < 1.29 is 14.6 Å². The Morgan fingerprint density at radius 2 is 1.89 bits per heavy atom. The van der Waals surface area contributed by atoms with Crippen LogP contribution in [0.1, 0.15) is 25.7 Å². The van der Waals surface area contributed by atoms with Crippen molar-refractivity contribution in [1.82, 2.24) is 0 Å². The minimum Gasteiger partial charge on any atom is -0.393 e. The van der Waals surface area contributed by atoms with Gasteiger partial charge >= 0.3 is 0 Å². The molecule has 0 heterocycles. The van der Waals surface area contributed by atoms with Crippen LogP contribution < -0.4 is 5.32 Å². The molecule has 4 nitrogen and oxygen atoms in total. The fraction of sp³-hybridized carbons (Fsp3) is 0.500. The lowest BCUT2D eigenvalue weighted by Crippen LogP contribution is -2.28. The second kappa shape index (κ2) is 6.89. The van der Waals surface area contributed by atoms with Gasteiger partial charge in [0.25, 0.3) is 0 Å². The molecular formula is C14H18ClNO3. The molecule has 0 aromatic heterocycles. The fourth-order valence-electron chi connectivity index (χ4n) is 2.14. The highest BCUT2D eigenvalue weighted by Gasteiger charge is 2.20. The third-order valence-electron chi connectivity index (χ3n) is 3.22. The van der Waals surface area contributed by atoms with Gasteiger partial charge in [-0.25, -0.2) is 0 Å². The maximum Gasteiger partial charge on any atom is 0.250 e. The normalized spacial score (nSPS) is 23.1. The van der Waals surface area contributed by atoms with Crippen LogP contribution in [0, 0.1) is 0 Å². The lowest BCUT2D eigenvalue weighted by atomic mass is 9.95. The Hall–Kier alpha value is -1.10. The van der Waals surface area contributed by atoms with Gasteiger partial charge < -0.3 is 15.2 Å². The second-order valence-electron chi connectivity index (χ2n) is 4.80. The molecule has 0 atom stereocenters. The van der Waals surface area contributed by atoms with Crippen molar-refractivity contribution in [2.24, 2.45) is 0 Å². The van der Waals surface area contributed by atoms with Crippen LogP contribution >= 0.6 is 11.6 Å². The van der Waals surface area contributed by atoms with E-state index in [0.717, 1.165) is 25.7 Å². The van der Waals surface area contributed by atoms with Crippen LogP contribution in [-0.4, -0.2) is 29.8 Å². The zero-order valence-corrected chi connectivity index (χ0v) is 11.4. The molecular weight excluding hydrogens is 266 g/mol. The highest BCUT2D eigenvalue weighted by molar-refractivity contribution is 6.30. The van der Waals surface area contributed by atoms with Gasteiger partial charge in [0.15, 0.2) is 0 Å². The van der Waals surface area contributed by atoms with Gasteiger partial charge in [0.1, 0.15) is 6.61 Å². The summed E-state index contributed by atoms with van der Waals surface area (Å²) in [6, 6.07) is 6.94. The number of carbonyl (C=O) groups is 1. The Morgan fingerprint density at radius 3 is 2.53 bits per heavy atom. The maximum absolute atomic E-state index is 11.7. The van der Waals surface area contributed by atoms with Crippen molar-refractivity contribution in [2.75, 3.05) is 11.9 Å². The highest BCUT2D eigenvalue weighted by Crippen LogP contribution is 2.21. The van der Waals surface area contributed by atoms with E-state index in [9.17, 15) is 9.90 Å². The Labute approximate surface area is 117 Å². The predicted octanol–water partition coefficient (Wildman–Crippen LogP) is 2.60. The van der Waals surface area contributed by atoms with E-state index in [4.69, 9.17) is 16.3 Å². The first-order valence-corrected chi connectivity index (χ1v) is 6.86. The number of amides is 1. The number of aliphatic hydroxyl groups is 1. The number of benzene rings is 1. The smallest absolute Gasteiger partial charge is 0.250 e. The first kappa shape index (κ1) is 14.3. The summed E-state index contributed by atoms with van der Waals surface area (Å²) < 4.78 is 5.54. The van der Waals surface area contributed by atoms with E-state index in [1.54, 1.807) is 24.3 Å². The van der Waals surface area contributed by atoms with Gasteiger partial charge in [-0.2, -0.15) is 0 Å². The number of nitrogens with one attached hydrogen (secondary N) is 1. The molecule has 104 valence electrons. The number of halogens is 1. The molecule has 1 amide bonds. The Bertz CT molecular complexity index is 413. The van der Waals surface area contributed by atoms with Gasteiger partial charge in [-0.3, -0.25) is 4.79 Å². The fourth-order valence-corrected chi connectivity index (χ4v) is 2.26. The van der Waals surface area contributed by atoms with Crippen LogP contribution in [0.15, 0.2) is 24.3 Å². The maximum atomic E-state index is 11.7. The molecule has 1 aliphatic carbocycles. The molecule has 5 heteroatoms. The van der Waals surface area contributed by atoms with Gasteiger partial charge in [0, 0.05) is 10.7 Å². The number of rotatable bonds is 4. The van der Waals surface area contributed by atoms with Crippen LogP contribution in [-0.2, 0) is 9.53 Å². The van der Waals surface area contributed by atoms with Crippen molar-refractivity contribution in [1.29, 1.82) is 0 Å². The van der Waals surface area contributed by atoms with E-state index >= 15 is 0 Å². The molecule has 1 saturated carbocycles. The third kappa shape index (κ3) is 4.82. The summed E-state index contributed by atoms with van der Waals surface area (Å²) in [5.74, 6) is -0.173. The largest absolute Gasteiger partial charge is 0.393 e. The summed E-state index contributed by atoms with van der Waals surface area (Å²) in [7, 11) is 0. The topological polar surface area (TPSA) is 58.6 Å². The number of ether oxygens (including phenoxy) is 1. The zero-order valence-electron chi connectivity index (χ0n) is 10.6. The number of carbonyl (C=O) groups excluding carboxylic acids is 1. The Morgan fingerprint density at radius 1 is 1.26 bits per heavy atom. The summed E-state index contributed by atoms with van der Waals surface area (Å²) >= 11 is 5.76. The monoisotopic (exact) mass is 283 g/mol. The summed E-state index contributed by atoms with van der Waals surface area (Å²) in [5, 5.41) is 12.8. The van der Waals surface area contributed by atoms with Crippen LogP contribution in [0.25, 0.3) is 0 Å². The molecule has 0 aliphatic heterocycles. The molecule has 2 N–H and O–H groups in total. The molecule has 2 rings (SSSR count). The highest BCUT2D eigenvalue weighted by atomic mass is 35.5. The van der Waals surface area contributed by atoms with Crippen molar-refractivity contribution in [2.45, 2.75) is 37.9 Å². The Kier molecular flexibility index (Phi) is 5.19. The first-order valence-electron chi connectivity index (χ1n) is 6.48. The number of hydrogen-bond donors (Lipinski definition) is 2. The van der Waals surface area contributed by atoms with E-state index in [1.165, 1.54) is 0 Å². The number of hydrogen-bond acceptors (Lipinski definition) is 3. The average Bonchev–Trinajstić information content (AvgIpc) is 2.41. The minimum absolute atomic E-state index is 0.0450. The molecule has 0 spiro atoms. The van der Waals surface area contributed by atoms with Gasteiger partial charge in [-0.15, -0.1) is 0 Å². The summed E-state index contributed by atoms with van der Waals surface area (Å²) in [6.07, 6.45) is 3.01. The van der Waals surface area contributed by atoms with Crippen molar-refractivity contribution in [3.05, 3.63) is 29.3 Å². The van der Waals surface area contributed by atoms with E-state index in [-0.39, 0.29) is 24.7 Å². The molecule has 1 aliphatic rings. The molecule has 1 aromatic carbocycles. The average molecular weight is 284 g/mol. The lowest BCUT2D eigenvalue weighted by Gasteiger charge is -2.25. The summed E-state index contributed by atoms with van der Waals surface area (Å²) in [4.78, 5) is 11.7. The van der Waals surface area contributed by atoms with Crippen LogP contribution in [0.2, 0.25) is 5.02 Å². The zero-order chi connectivity index (χ0) is 13.7. The van der Waals surface area contributed by atoms with Crippen molar-refractivity contribution in [3.63, 3.8) is 0 Å². The molecule has 0 saturated heterocycles. The minimum atomic E-state index is -0.206. The molecule has 0 unspecified atom stereocenters. The SMILES string of the molecule is O=C(COC1CCC(O)CC1)Nc1ccc(Cl)cc1. The summed E-state index contributed by atoms with van der Waals surface area (Å²) in [6.45, 7) is 0.0450. The van der Waals surface area contributed by atoms with Gasteiger partial charge in [-0.05, 0) is 49.9 Å². The quantitative estimate of drug-likeness (QED) is 0.893. The lowest BCUT2D eigenvalue weighted by molar-refractivity contribution is -0.123. The third-order valence-corrected chi connectivity index (χ3v) is 3.47. The number of aliphatic hydroxyl groups excluding tert-OH is 1. The van der Waals surface area contributed by atoms with Crippen molar-refractivity contribution in [3.8, 4) is 0 Å². The van der Waals surface area contributed by atoms with Crippen molar-refractivity contribution >= 4 is 23.2 Å². The standard InChI is InChI=1S/C14H18ClNO3/c15-10-1-3-11(4-2-10)16-14(18)9-19-13-7-5-12(17)6-8-13/h1-4,12-13,17H,5-9H2,(H,16,18). The van der Waals surface area contributed by atoms with Gasteiger partial charge in [0.05, 0.1) is 12.2 Å². The Balaban J connectivity index is 1.71. The first-order chi connectivity index (χ1) is 9.13. The van der Waals surface area contributed by atoms with E-state index < -0.39 is 0 Å². The molecule has 0 bridgehead atoms. The molecule has 19 heavy (non-hydrogen) atoms. The molecule has 1 aromatic rings. The number of anilines is 1. The van der Waals surface area contributed by atoms with E-state index in [1.807, 2.05) is 0 Å². The second-order valence-corrected chi connectivity index (χ2v) is 5.23. The summed E-state index contributed by atoms with van der Waals surface area (Å²) in [5.41, 5.74) is 0.706.